The van der Waals surface area contributed by atoms with Crippen molar-refractivity contribution >= 4 is 0 Å². The molecule has 0 aromatic carbocycles. The van der Waals surface area contributed by atoms with Crippen LogP contribution in [-0.4, -0.2) is 23.8 Å². The van der Waals surface area contributed by atoms with E-state index >= 15 is 0 Å². The van der Waals surface area contributed by atoms with Crippen LogP contribution in [0.3, 0.4) is 0 Å². The molecule has 0 atom stereocenters. The van der Waals surface area contributed by atoms with Gasteiger partial charge in [0.05, 0.1) is 11.9 Å². The topological polar surface area (TPSA) is 45.4 Å². The normalized spacial score (nSPS) is 19.8. The van der Waals surface area contributed by atoms with Crippen molar-refractivity contribution in [3.05, 3.63) is 24.2 Å². The second-order valence-corrected chi connectivity index (χ2v) is 4.79. The van der Waals surface area contributed by atoms with Gasteiger partial charge in [0.15, 0.2) is 0 Å². The van der Waals surface area contributed by atoms with Crippen LogP contribution in [0.25, 0.3) is 0 Å². The second-order valence-electron chi connectivity index (χ2n) is 4.79. The maximum atomic E-state index is 10.2. The predicted octanol–water partition coefficient (Wildman–Crippen LogP) is 2.11. The van der Waals surface area contributed by atoms with Gasteiger partial charge in [0.25, 0.3) is 0 Å². The Labute approximate surface area is 96.8 Å². The highest BCUT2D eigenvalue weighted by atomic mass is 16.3. The zero-order valence-corrected chi connectivity index (χ0v) is 9.74. The van der Waals surface area contributed by atoms with Crippen LogP contribution in [0, 0.1) is 0 Å². The Balaban J connectivity index is 1.63. The van der Waals surface area contributed by atoms with Gasteiger partial charge in [0.2, 0.25) is 0 Å². The fourth-order valence-electron chi connectivity index (χ4n) is 2.37. The second kappa shape index (κ2) is 5.51. The first-order valence-corrected chi connectivity index (χ1v) is 6.24. The van der Waals surface area contributed by atoms with Crippen molar-refractivity contribution < 1.29 is 9.52 Å². The summed E-state index contributed by atoms with van der Waals surface area (Å²) >= 11 is 0. The molecule has 1 heterocycles. The van der Waals surface area contributed by atoms with Crippen LogP contribution in [-0.2, 0) is 6.42 Å². The lowest BCUT2D eigenvalue weighted by Gasteiger charge is -2.32. The summed E-state index contributed by atoms with van der Waals surface area (Å²) in [5.41, 5.74) is -0.457. The molecule has 1 aliphatic carbocycles. The largest absolute Gasteiger partial charge is 0.469 e. The quantitative estimate of drug-likeness (QED) is 0.751. The maximum Gasteiger partial charge on any atom is 0.105 e. The van der Waals surface area contributed by atoms with E-state index in [1.807, 2.05) is 12.1 Å². The predicted molar refractivity (Wildman–Crippen MR) is 63.3 cm³/mol. The van der Waals surface area contributed by atoms with Crippen LogP contribution < -0.4 is 5.32 Å². The Morgan fingerprint density at radius 1 is 1.31 bits per heavy atom. The monoisotopic (exact) mass is 223 g/mol. The third kappa shape index (κ3) is 3.35. The first kappa shape index (κ1) is 11.7. The van der Waals surface area contributed by atoms with Gasteiger partial charge >= 0.3 is 0 Å². The molecule has 2 rings (SSSR count). The Bertz CT molecular complexity index is 289. The molecule has 16 heavy (non-hydrogen) atoms. The van der Waals surface area contributed by atoms with Gasteiger partial charge in [-0.3, -0.25) is 0 Å². The van der Waals surface area contributed by atoms with E-state index in [9.17, 15) is 5.11 Å². The number of aliphatic hydroxyl groups is 1. The molecule has 1 aromatic heterocycles. The van der Waals surface area contributed by atoms with Gasteiger partial charge in [-0.25, -0.2) is 0 Å². The molecule has 2 N–H and O–H groups in total. The van der Waals surface area contributed by atoms with Crippen molar-refractivity contribution in [3.63, 3.8) is 0 Å². The first-order valence-electron chi connectivity index (χ1n) is 6.24. The van der Waals surface area contributed by atoms with Crippen LogP contribution in [0.1, 0.15) is 37.9 Å². The number of hydrogen-bond acceptors (Lipinski definition) is 3. The van der Waals surface area contributed by atoms with E-state index in [2.05, 4.69) is 5.32 Å². The fourth-order valence-corrected chi connectivity index (χ4v) is 2.37. The molecule has 0 amide bonds. The molecule has 1 aromatic rings. The molecular formula is C13H21NO2. The molecule has 0 spiro atoms. The Hall–Kier alpha value is -0.800. The van der Waals surface area contributed by atoms with Crippen molar-refractivity contribution in [2.75, 3.05) is 13.1 Å². The third-order valence-electron chi connectivity index (χ3n) is 3.37. The zero-order valence-electron chi connectivity index (χ0n) is 9.74. The standard InChI is InChI=1S/C13H21NO2/c15-13(7-2-1-3-8-13)11-14-9-6-12-5-4-10-16-12/h4-5,10,14-15H,1-3,6-9,11H2. The number of rotatable bonds is 5. The lowest BCUT2D eigenvalue weighted by molar-refractivity contribution is 0.00511. The van der Waals surface area contributed by atoms with Gasteiger partial charge in [-0.1, -0.05) is 19.3 Å². The highest BCUT2D eigenvalue weighted by molar-refractivity contribution is 4.98. The molecule has 3 nitrogen and oxygen atoms in total. The summed E-state index contributed by atoms with van der Waals surface area (Å²) in [6, 6.07) is 3.89. The molecule has 1 fully saturated rings. The Kier molecular flexibility index (Phi) is 4.02. The van der Waals surface area contributed by atoms with E-state index in [-0.39, 0.29) is 0 Å². The summed E-state index contributed by atoms with van der Waals surface area (Å²) in [5.74, 6) is 1.00. The van der Waals surface area contributed by atoms with Crippen LogP contribution >= 0.6 is 0 Å². The van der Waals surface area contributed by atoms with Gasteiger partial charge in [-0.05, 0) is 25.0 Å². The van der Waals surface area contributed by atoms with Gasteiger partial charge in [0.1, 0.15) is 5.76 Å². The van der Waals surface area contributed by atoms with Gasteiger partial charge in [0, 0.05) is 19.5 Å². The van der Waals surface area contributed by atoms with Crippen LogP contribution in [0.4, 0.5) is 0 Å². The molecule has 0 unspecified atom stereocenters. The van der Waals surface area contributed by atoms with E-state index in [0.717, 1.165) is 44.4 Å². The number of hydrogen-bond donors (Lipinski definition) is 2. The van der Waals surface area contributed by atoms with Gasteiger partial charge in [-0.2, -0.15) is 0 Å². The minimum atomic E-state index is -0.457. The lowest BCUT2D eigenvalue weighted by atomic mass is 9.85. The average molecular weight is 223 g/mol. The van der Waals surface area contributed by atoms with Gasteiger partial charge < -0.3 is 14.8 Å². The smallest absolute Gasteiger partial charge is 0.105 e. The Morgan fingerprint density at radius 2 is 2.12 bits per heavy atom. The van der Waals surface area contributed by atoms with E-state index < -0.39 is 5.60 Å². The van der Waals surface area contributed by atoms with E-state index in [1.54, 1.807) is 6.26 Å². The van der Waals surface area contributed by atoms with Gasteiger partial charge in [-0.15, -0.1) is 0 Å². The van der Waals surface area contributed by atoms with Crippen LogP contribution in [0.5, 0.6) is 0 Å². The molecule has 1 aliphatic rings. The summed E-state index contributed by atoms with van der Waals surface area (Å²) in [6.07, 6.45) is 8.08. The first-order chi connectivity index (χ1) is 7.79. The average Bonchev–Trinajstić information content (AvgIpc) is 2.78. The highest BCUT2D eigenvalue weighted by Crippen LogP contribution is 2.27. The molecule has 3 heteroatoms. The Morgan fingerprint density at radius 3 is 2.81 bits per heavy atom. The SMILES string of the molecule is OC1(CNCCc2ccco2)CCCCC1. The van der Waals surface area contributed by atoms with Crippen molar-refractivity contribution in [3.8, 4) is 0 Å². The van der Waals surface area contributed by atoms with Crippen LogP contribution in [0.15, 0.2) is 22.8 Å². The number of nitrogens with one attached hydrogen (secondary N) is 1. The van der Waals surface area contributed by atoms with Crippen LogP contribution in [0.2, 0.25) is 0 Å². The summed E-state index contributed by atoms with van der Waals surface area (Å²) in [7, 11) is 0. The van der Waals surface area contributed by atoms with Crippen molar-refractivity contribution in [1.82, 2.24) is 5.32 Å². The van der Waals surface area contributed by atoms with E-state index in [0.29, 0.717) is 6.54 Å². The minimum Gasteiger partial charge on any atom is -0.469 e. The maximum absolute atomic E-state index is 10.2. The summed E-state index contributed by atoms with van der Waals surface area (Å²) in [6.45, 7) is 1.59. The molecule has 0 aliphatic heterocycles. The zero-order chi connectivity index (χ0) is 11.3. The van der Waals surface area contributed by atoms with Crippen molar-refractivity contribution in [2.45, 2.75) is 44.1 Å². The fraction of sp³-hybridized carbons (Fsp3) is 0.692. The molecule has 90 valence electrons. The summed E-state index contributed by atoms with van der Waals surface area (Å²) in [5, 5.41) is 13.6. The molecule has 1 saturated carbocycles. The molecular weight excluding hydrogens is 202 g/mol. The molecule has 0 radical (unpaired) electrons. The number of furan rings is 1. The van der Waals surface area contributed by atoms with E-state index in [4.69, 9.17) is 4.42 Å². The van der Waals surface area contributed by atoms with E-state index in [1.165, 1.54) is 6.42 Å². The van der Waals surface area contributed by atoms with Crippen molar-refractivity contribution in [2.24, 2.45) is 0 Å². The molecule has 0 bridgehead atoms. The highest BCUT2D eigenvalue weighted by Gasteiger charge is 2.28. The summed E-state index contributed by atoms with van der Waals surface area (Å²) < 4.78 is 5.25. The summed E-state index contributed by atoms with van der Waals surface area (Å²) in [4.78, 5) is 0. The third-order valence-corrected chi connectivity index (χ3v) is 3.37. The minimum absolute atomic E-state index is 0.457. The van der Waals surface area contributed by atoms with Crippen molar-refractivity contribution in [1.29, 1.82) is 0 Å². The molecule has 0 saturated heterocycles. The lowest BCUT2D eigenvalue weighted by Crippen LogP contribution is -2.42.